The molecule has 0 aliphatic rings. The third-order valence-corrected chi connectivity index (χ3v) is 2.09. The first-order valence-corrected chi connectivity index (χ1v) is 4.93. The minimum atomic E-state index is -0.874. The molecule has 0 aliphatic heterocycles. The van der Waals surface area contributed by atoms with Gasteiger partial charge in [0.05, 0.1) is 19.8 Å². The summed E-state index contributed by atoms with van der Waals surface area (Å²) in [5.74, 6) is -0.708. The lowest BCUT2D eigenvalue weighted by Gasteiger charge is -2.08. The van der Waals surface area contributed by atoms with Gasteiger partial charge in [-0.2, -0.15) is 5.26 Å². The molecule has 1 aromatic carbocycles. The van der Waals surface area contributed by atoms with E-state index in [2.05, 4.69) is 4.74 Å². The number of benzene rings is 1. The lowest BCUT2D eigenvalue weighted by atomic mass is 10.0. The average Bonchev–Trinajstić information content (AvgIpc) is 2.32. The van der Waals surface area contributed by atoms with Crippen molar-refractivity contribution in [1.29, 1.82) is 5.26 Å². The number of carbonyl (C=O) groups excluding carboxylic acids is 1. The zero-order chi connectivity index (χ0) is 12.0. The van der Waals surface area contributed by atoms with Crippen LogP contribution < -0.4 is 4.74 Å². The Hall–Kier alpha value is -2.02. The number of rotatable bonds is 4. The van der Waals surface area contributed by atoms with Gasteiger partial charge in [0.1, 0.15) is 5.75 Å². The zero-order valence-corrected chi connectivity index (χ0v) is 9.27. The van der Waals surface area contributed by atoms with Crippen LogP contribution in [0.25, 0.3) is 0 Å². The van der Waals surface area contributed by atoms with Crippen LogP contribution in [0.5, 0.6) is 5.75 Å². The summed E-state index contributed by atoms with van der Waals surface area (Å²) in [5.41, 5.74) is 0.609. The highest BCUT2D eigenvalue weighted by molar-refractivity contribution is 5.81. The molecule has 0 saturated carbocycles. The van der Waals surface area contributed by atoms with Gasteiger partial charge in [-0.25, -0.2) is 0 Å². The molecule has 0 spiro atoms. The lowest BCUT2D eigenvalue weighted by Crippen LogP contribution is -2.12. The van der Waals surface area contributed by atoms with Crippen molar-refractivity contribution in [3.8, 4) is 11.8 Å². The van der Waals surface area contributed by atoms with E-state index in [0.29, 0.717) is 17.9 Å². The maximum Gasteiger partial charge on any atom is 0.327 e. The van der Waals surface area contributed by atoms with Crippen LogP contribution in [0.15, 0.2) is 24.3 Å². The Kier molecular flexibility index (Phi) is 4.34. The van der Waals surface area contributed by atoms with Crippen molar-refractivity contribution < 1.29 is 14.3 Å². The third-order valence-electron chi connectivity index (χ3n) is 2.09. The van der Waals surface area contributed by atoms with Crippen molar-refractivity contribution in [1.82, 2.24) is 0 Å². The average molecular weight is 219 g/mol. The molecule has 1 aromatic rings. The smallest absolute Gasteiger partial charge is 0.327 e. The van der Waals surface area contributed by atoms with E-state index in [4.69, 9.17) is 10.00 Å². The summed E-state index contributed by atoms with van der Waals surface area (Å²) in [6.45, 7) is 2.47. The van der Waals surface area contributed by atoms with Gasteiger partial charge in [0.15, 0.2) is 5.92 Å². The molecule has 0 amide bonds. The summed E-state index contributed by atoms with van der Waals surface area (Å²) < 4.78 is 9.80. The Bertz CT molecular complexity index is 392. The van der Waals surface area contributed by atoms with E-state index in [1.165, 1.54) is 7.11 Å². The van der Waals surface area contributed by atoms with Crippen molar-refractivity contribution in [3.05, 3.63) is 29.8 Å². The Morgan fingerprint density at radius 1 is 1.44 bits per heavy atom. The molecule has 0 aliphatic carbocycles. The van der Waals surface area contributed by atoms with Gasteiger partial charge in [0.25, 0.3) is 0 Å². The molecule has 1 rings (SSSR count). The van der Waals surface area contributed by atoms with Gasteiger partial charge in [-0.1, -0.05) is 12.1 Å². The first-order chi connectivity index (χ1) is 7.72. The number of ether oxygens (including phenoxy) is 2. The molecule has 4 nitrogen and oxygen atoms in total. The van der Waals surface area contributed by atoms with E-state index >= 15 is 0 Å². The van der Waals surface area contributed by atoms with E-state index in [-0.39, 0.29) is 0 Å². The Balaban J connectivity index is 2.87. The third kappa shape index (κ3) is 2.74. The predicted octanol–water partition coefficient (Wildman–Crippen LogP) is 1.87. The molecule has 0 fully saturated rings. The largest absolute Gasteiger partial charge is 0.494 e. The van der Waals surface area contributed by atoms with Gasteiger partial charge in [-0.05, 0) is 24.6 Å². The van der Waals surface area contributed by atoms with Crippen LogP contribution in [0.1, 0.15) is 18.4 Å². The normalized spacial score (nSPS) is 11.3. The van der Waals surface area contributed by atoms with Crippen molar-refractivity contribution in [3.63, 3.8) is 0 Å². The van der Waals surface area contributed by atoms with Crippen LogP contribution in [0, 0.1) is 11.3 Å². The molecule has 16 heavy (non-hydrogen) atoms. The van der Waals surface area contributed by atoms with E-state index in [1.54, 1.807) is 24.3 Å². The quantitative estimate of drug-likeness (QED) is 0.725. The predicted molar refractivity (Wildman–Crippen MR) is 58.0 cm³/mol. The van der Waals surface area contributed by atoms with Crippen LogP contribution >= 0.6 is 0 Å². The number of hydrogen-bond donors (Lipinski definition) is 0. The monoisotopic (exact) mass is 219 g/mol. The Morgan fingerprint density at radius 2 is 2.06 bits per heavy atom. The summed E-state index contributed by atoms with van der Waals surface area (Å²) >= 11 is 0. The van der Waals surface area contributed by atoms with Crippen LogP contribution in [0.4, 0.5) is 0 Å². The number of nitriles is 1. The standard InChI is InChI=1S/C12H13NO3/c1-3-16-10-6-4-9(5-7-10)11(8-13)12(14)15-2/h4-7,11H,3H2,1-2H3. The van der Waals surface area contributed by atoms with Gasteiger partial charge in [0.2, 0.25) is 0 Å². The highest BCUT2D eigenvalue weighted by Crippen LogP contribution is 2.20. The van der Waals surface area contributed by atoms with E-state index in [9.17, 15) is 4.79 Å². The second-order valence-corrected chi connectivity index (χ2v) is 3.09. The van der Waals surface area contributed by atoms with Gasteiger partial charge in [-0.3, -0.25) is 4.79 Å². The van der Waals surface area contributed by atoms with Gasteiger partial charge in [-0.15, -0.1) is 0 Å². The Morgan fingerprint density at radius 3 is 2.50 bits per heavy atom. The molecular formula is C12H13NO3. The first-order valence-electron chi connectivity index (χ1n) is 4.93. The van der Waals surface area contributed by atoms with Crippen molar-refractivity contribution in [2.75, 3.05) is 13.7 Å². The highest BCUT2D eigenvalue weighted by Gasteiger charge is 2.20. The fraction of sp³-hybridized carbons (Fsp3) is 0.333. The van der Waals surface area contributed by atoms with Crippen LogP contribution in [0.3, 0.4) is 0 Å². The summed E-state index contributed by atoms with van der Waals surface area (Å²) in [6.07, 6.45) is 0. The lowest BCUT2D eigenvalue weighted by molar-refractivity contribution is -0.140. The fourth-order valence-corrected chi connectivity index (χ4v) is 1.30. The minimum absolute atomic E-state index is 0.549. The summed E-state index contributed by atoms with van der Waals surface area (Å²) in [4.78, 5) is 11.3. The molecule has 0 N–H and O–H groups in total. The molecule has 1 unspecified atom stereocenters. The molecular weight excluding hydrogens is 206 g/mol. The summed E-state index contributed by atoms with van der Waals surface area (Å²) in [5, 5.41) is 8.87. The number of hydrogen-bond acceptors (Lipinski definition) is 4. The molecule has 84 valence electrons. The number of esters is 1. The molecule has 1 atom stereocenters. The Labute approximate surface area is 94.4 Å². The maximum atomic E-state index is 11.3. The van der Waals surface area contributed by atoms with Crippen LogP contribution in [-0.4, -0.2) is 19.7 Å². The first kappa shape index (κ1) is 12.1. The van der Waals surface area contributed by atoms with Gasteiger partial charge < -0.3 is 9.47 Å². The zero-order valence-electron chi connectivity index (χ0n) is 9.27. The molecule has 0 saturated heterocycles. The highest BCUT2D eigenvalue weighted by atomic mass is 16.5. The van der Waals surface area contributed by atoms with E-state index in [0.717, 1.165) is 0 Å². The number of nitrogens with zero attached hydrogens (tertiary/aromatic N) is 1. The van der Waals surface area contributed by atoms with Gasteiger partial charge >= 0.3 is 5.97 Å². The molecule has 0 aromatic heterocycles. The SMILES string of the molecule is CCOc1ccc(C(C#N)C(=O)OC)cc1. The molecule has 4 heteroatoms. The second kappa shape index (κ2) is 5.76. The van der Waals surface area contributed by atoms with E-state index in [1.807, 2.05) is 13.0 Å². The number of carbonyl (C=O) groups is 1. The number of methoxy groups -OCH3 is 1. The molecule has 0 bridgehead atoms. The minimum Gasteiger partial charge on any atom is -0.494 e. The summed E-state index contributed by atoms with van der Waals surface area (Å²) in [7, 11) is 1.27. The molecule has 0 heterocycles. The topological polar surface area (TPSA) is 59.3 Å². The summed E-state index contributed by atoms with van der Waals surface area (Å²) in [6, 6.07) is 8.74. The maximum absolute atomic E-state index is 11.3. The van der Waals surface area contributed by atoms with Crippen molar-refractivity contribution in [2.24, 2.45) is 0 Å². The fourth-order valence-electron chi connectivity index (χ4n) is 1.30. The van der Waals surface area contributed by atoms with E-state index < -0.39 is 11.9 Å². The molecule has 0 radical (unpaired) electrons. The van der Waals surface area contributed by atoms with Crippen LogP contribution in [-0.2, 0) is 9.53 Å². The van der Waals surface area contributed by atoms with Crippen molar-refractivity contribution >= 4 is 5.97 Å². The van der Waals surface area contributed by atoms with Crippen LogP contribution in [0.2, 0.25) is 0 Å². The second-order valence-electron chi connectivity index (χ2n) is 3.09. The van der Waals surface area contributed by atoms with Gasteiger partial charge in [0, 0.05) is 0 Å². The van der Waals surface area contributed by atoms with Crippen molar-refractivity contribution in [2.45, 2.75) is 12.8 Å².